The van der Waals surface area contributed by atoms with E-state index in [1.54, 1.807) is 0 Å². The first-order valence-corrected chi connectivity index (χ1v) is 6.28. The minimum absolute atomic E-state index is 0.399. The van der Waals surface area contributed by atoms with Gasteiger partial charge in [0.1, 0.15) is 6.04 Å². The molecule has 0 unspecified atom stereocenters. The number of aromatic nitrogens is 1. The fourth-order valence-electron chi connectivity index (χ4n) is 2.27. The van der Waals surface area contributed by atoms with Gasteiger partial charge in [-0.15, -0.1) is 0 Å². The van der Waals surface area contributed by atoms with E-state index in [-0.39, 0.29) is 0 Å². The van der Waals surface area contributed by atoms with Crippen molar-refractivity contribution in [3.63, 3.8) is 0 Å². The molecule has 4 nitrogen and oxygen atoms in total. The fourth-order valence-corrected chi connectivity index (χ4v) is 2.27. The SMILES string of the molecule is O=C(O)[C@H](Cc1c[nH]c2ccccc12)NC1CC1. The van der Waals surface area contributed by atoms with E-state index in [0.29, 0.717) is 12.5 Å². The van der Waals surface area contributed by atoms with Gasteiger partial charge in [0.15, 0.2) is 0 Å². The molecule has 1 aromatic carbocycles. The van der Waals surface area contributed by atoms with E-state index >= 15 is 0 Å². The molecule has 1 heterocycles. The highest BCUT2D eigenvalue weighted by molar-refractivity contribution is 5.84. The van der Waals surface area contributed by atoms with Gasteiger partial charge in [0.05, 0.1) is 0 Å². The Hall–Kier alpha value is -1.81. The van der Waals surface area contributed by atoms with Crippen molar-refractivity contribution in [3.8, 4) is 0 Å². The molecular formula is C14H16N2O2. The summed E-state index contributed by atoms with van der Waals surface area (Å²) in [5, 5.41) is 13.5. The standard InChI is InChI=1S/C14H16N2O2/c17-14(18)13(16-10-5-6-10)7-9-8-15-12-4-2-1-3-11(9)12/h1-4,8,10,13,15-16H,5-7H2,(H,17,18)/t13-/m0/s1. The first-order valence-electron chi connectivity index (χ1n) is 6.28. The minimum Gasteiger partial charge on any atom is -0.480 e. The first-order chi connectivity index (χ1) is 8.74. The van der Waals surface area contributed by atoms with E-state index in [4.69, 9.17) is 0 Å². The van der Waals surface area contributed by atoms with Crippen molar-refractivity contribution in [1.82, 2.24) is 10.3 Å². The number of hydrogen-bond acceptors (Lipinski definition) is 2. The number of benzene rings is 1. The molecule has 0 radical (unpaired) electrons. The molecule has 0 amide bonds. The third kappa shape index (κ3) is 2.24. The van der Waals surface area contributed by atoms with Crippen molar-refractivity contribution in [1.29, 1.82) is 0 Å². The molecule has 18 heavy (non-hydrogen) atoms. The molecule has 0 spiro atoms. The van der Waals surface area contributed by atoms with Gasteiger partial charge in [-0.3, -0.25) is 4.79 Å². The first kappa shape index (κ1) is 11.3. The molecule has 0 saturated heterocycles. The predicted octanol–water partition coefficient (Wildman–Crippen LogP) is 1.92. The number of nitrogens with one attached hydrogen (secondary N) is 2. The zero-order chi connectivity index (χ0) is 12.5. The predicted molar refractivity (Wildman–Crippen MR) is 69.6 cm³/mol. The van der Waals surface area contributed by atoms with Crippen LogP contribution in [0.15, 0.2) is 30.5 Å². The lowest BCUT2D eigenvalue weighted by Crippen LogP contribution is -2.39. The number of carboxylic acid groups (broad SMARTS) is 1. The number of H-pyrrole nitrogens is 1. The summed E-state index contributed by atoms with van der Waals surface area (Å²) in [6.07, 6.45) is 4.63. The number of para-hydroxylation sites is 1. The maximum atomic E-state index is 11.3. The van der Waals surface area contributed by atoms with E-state index in [9.17, 15) is 9.90 Å². The molecule has 94 valence electrons. The van der Waals surface area contributed by atoms with Crippen LogP contribution in [0.25, 0.3) is 10.9 Å². The smallest absolute Gasteiger partial charge is 0.321 e. The van der Waals surface area contributed by atoms with E-state index in [2.05, 4.69) is 10.3 Å². The number of aliphatic carboxylic acids is 1. The average molecular weight is 244 g/mol. The third-order valence-corrected chi connectivity index (χ3v) is 3.41. The number of fused-ring (bicyclic) bond motifs is 1. The summed E-state index contributed by atoms with van der Waals surface area (Å²) in [7, 11) is 0. The van der Waals surface area contributed by atoms with Crippen molar-refractivity contribution in [3.05, 3.63) is 36.0 Å². The van der Waals surface area contributed by atoms with Crippen LogP contribution in [0.1, 0.15) is 18.4 Å². The maximum absolute atomic E-state index is 11.3. The molecular weight excluding hydrogens is 228 g/mol. The summed E-state index contributed by atoms with van der Waals surface area (Å²) in [4.78, 5) is 14.4. The normalized spacial score (nSPS) is 16.9. The maximum Gasteiger partial charge on any atom is 0.321 e. The Morgan fingerprint density at radius 3 is 2.94 bits per heavy atom. The van der Waals surface area contributed by atoms with Crippen LogP contribution in [0.3, 0.4) is 0 Å². The summed E-state index contributed by atoms with van der Waals surface area (Å²) in [6.45, 7) is 0. The Bertz CT molecular complexity index is 572. The molecule has 1 atom stereocenters. The zero-order valence-corrected chi connectivity index (χ0v) is 10.0. The van der Waals surface area contributed by atoms with Gasteiger partial charge in [-0.2, -0.15) is 0 Å². The molecule has 1 aromatic heterocycles. The van der Waals surface area contributed by atoms with Crippen molar-refractivity contribution in [2.45, 2.75) is 31.3 Å². The van der Waals surface area contributed by atoms with Crippen LogP contribution in [-0.2, 0) is 11.2 Å². The van der Waals surface area contributed by atoms with Gasteiger partial charge in [0.2, 0.25) is 0 Å². The third-order valence-electron chi connectivity index (χ3n) is 3.41. The van der Waals surface area contributed by atoms with E-state index < -0.39 is 12.0 Å². The lowest BCUT2D eigenvalue weighted by molar-refractivity contribution is -0.139. The second-order valence-corrected chi connectivity index (χ2v) is 4.90. The Balaban J connectivity index is 1.82. The van der Waals surface area contributed by atoms with Gasteiger partial charge in [0, 0.05) is 29.6 Å². The molecule has 1 fully saturated rings. The van der Waals surface area contributed by atoms with Crippen LogP contribution in [0, 0.1) is 0 Å². The highest BCUT2D eigenvalue weighted by Gasteiger charge is 2.28. The van der Waals surface area contributed by atoms with Crippen molar-refractivity contribution >= 4 is 16.9 Å². The Kier molecular flexibility index (Phi) is 2.80. The monoisotopic (exact) mass is 244 g/mol. The highest BCUT2D eigenvalue weighted by Crippen LogP contribution is 2.22. The lowest BCUT2D eigenvalue weighted by atomic mass is 10.1. The van der Waals surface area contributed by atoms with Gasteiger partial charge in [-0.05, 0) is 24.5 Å². The van der Waals surface area contributed by atoms with Crippen molar-refractivity contribution in [2.24, 2.45) is 0 Å². The topological polar surface area (TPSA) is 65.1 Å². The van der Waals surface area contributed by atoms with Gasteiger partial charge in [-0.25, -0.2) is 0 Å². The summed E-state index contributed by atoms with van der Waals surface area (Å²) in [6, 6.07) is 7.89. The molecule has 1 saturated carbocycles. The largest absolute Gasteiger partial charge is 0.480 e. The summed E-state index contributed by atoms with van der Waals surface area (Å²) in [5.41, 5.74) is 2.12. The van der Waals surface area contributed by atoms with Gasteiger partial charge in [-0.1, -0.05) is 18.2 Å². The van der Waals surface area contributed by atoms with Crippen LogP contribution >= 0.6 is 0 Å². The number of aromatic amines is 1. The molecule has 1 aliphatic rings. The summed E-state index contributed by atoms with van der Waals surface area (Å²) >= 11 is 0. The summed E-state index contributed by atoms with van der Waals surface area (Å²) in [5.74, 6) is -0.771. The molecule has 3 N–H and O–H groups in total. The fraction of sp³-hybridized carbons (Fsp3) is 0.357. The second kappa shape index (κ2) is 4.46. The molecule has 0 aliphatic heterocycles. The van der Waals surface area contributed by atoms with Gasteiger partial charge >= 0.3 is 5.97 Å². The van der Waals surface area contributed by atoms with E-state index in [1.807, 2.05) is 30.5 Å². The number of hydrogen-bond donors (Lipinski definition) is 3. The Labute approximate surface area is 105 Å². The second-order valence-electron chi connectivity index (χ2n) is 4.90. The van der Waals surface area contributed by atoms with Crippen LogP contribution in [0.4, 0.5) is 0 Å². The molecule has 2 aromatic rings. The van der Waals surface area contributed by atoms with Gasteiger partial charge in [0.25, 0.3) is 0 Å². The van der Waals surface area contributed by atoms with Crippen LogP contribution in [-0.4, -0.2) is 28.1 Å². The van der Waals surface area contributed by atoms with Crippen LogP contribution < -0.4 is 5.32 Å². The quantitative estimate of drug-likeness (QED) is 0.752. The van der Waals surface area contributed by atoms with Crippen LogP contribution in [0.2, 0.25) is 0 Å². The zero-order valence-electron chi connectivity index (χ0n) is 10.0. The lowest BCUT2D eigenvalue weighted by Gasteiger charge is -2.13. The van der Waals surface area contributed by atoms with Crippen molar-refractivity contribution < 1.29 is 9.90 Å². The van der Waals surface area contributed by atoms with Crippen LogP contribution in [0.5, 0.6) is 0 Å². The molecule has 4 heteroatoms. The number of rotatable bonds is 5. The van der Waals surface area contributed by atoms with Gasteiger partial charge < -0.3 is 15.4 Å². The Morgan fingerprint density at radius 2 is 2.22 bits per heavy atom. The Morgan fingerprint density at radius 1 is 1.44 bits per heavy atom. The highest BCUT2D eigenvalue weighted by atomic mass is 16.4. The number of carbonyl (C=O) groups is 1. The van der Waals surface area contributed by atoms with Crippen molar-refractivity contribution in [2.75, 3.05) is 0 Å². The minimum atomic E-state index is -0.771. The molecule has 1 aliphatic carbocycles. The summed E-state index contributed by atoms with van der Waals surface area (Å²) < 4.78 is 0. The average Bonchev–Trinajstić information content (AvgIpc) is 3.09. The van der Waals surface area contributed by atoms with E-state index in [0.717, 1.165) is 29.3 Å². The van der Waals surface area contributed by atoms with E-state index in [1.165, 1.54) is 0 Å². The number of carboxylic acids is 1. The molecule has 0 bridgehead atoms. The molecule has 3 rings (SSSR count).